The van der Waals surface area contributed by atoms with Gasteiger partial charge in [0, 0.05) is 48.9 Å². The molecule has 2 amide bonds. The van der Waals surface area contributed by atoms with Gasteiger partial charge in [0.25, 0.3) is 5.56 Å². The molecule has 0 saturated carbocycles. The molecule has 0 atom stereocenters. The van der Waals surface area contributed by atoms with Crippen LogP contribution >= 0.6 is 23.2 Å². The van der Waals surface area contributed by atoms with Crippen molar-refractivity contribution >= 4 is 40.6 Å². The van der Waals surface area contributed by atoms with E-state index >= 15 is 0 Å². The average molecular weight is 420 g/mol. The highest BCUT2D eigenvalue weighted by molar-refractivity contribution is 6.35. The Labute approximate surface area is 171 Å². The number of halogens is 2. The van der Waals surface area contributed by atoms with E-state index in [2.05, 4.69) is 10.4 Å². The minimum atomic E-state index is -0.206. The number of aromatic nitrogens is 3. The lowest BCUT2D eigenvalue weighted by molar-refractivity contribution is 0.193. The van der Waals surface area contributed by atoms with Gasteiger partial charge in [0.15, 0.2) is 0 Å². The molecule has 0 aliphatic carbocycles. The molecule has 3 heterocycles. The number of hydrogen-bond donors (Lipinski definition) is 1. The lowest BCUT2D eigenvalue weighted by Crippen LogP contribution is -2.41. The predicted octanol–water partition coefficient (Wildman–Crippen LogP) is 3.75. The van der Waals surface area contributed by atoms with E-state index in [0.29, 0.717) is 28.8 Å². The first kappa shape index (κ1) is 18.8. The zero-order valence-electron chi connectivity index (χ0n) is 15.2. The molecule has 1 fully saturated rings. The van der Waals surface area contributed by atoms with E-state index in [1.165, 1.54) is 4.52 Å². The number of benzene rings is 1. The number of hydrogen-bond acceptors (Lipinski definition) is 3. The van der Waals surface area contributed by atoms with E-state index in [1.54, 1.807) is 35.4 Å². The normalized spacial score (nSPS) is 15.2. The summed E-state index contributed by atoms with van der Waals surface area (Å²) in [5.74, 6) is 0.205. The first-order valence-electron chi connectivity index (χ1n) is 8.98. The van der Waals surface area contributed by atoms with E-state index in [1.807, 2.05) is 17.7 Å². The summed E-state index contributed by atoms with van der Waals surface area (Å²) in [5.41, 5.74) is 2.09. The van der Waals surface area contributed by atoms with Gasteiger partial charge in [0.1, 0.15) is 5.65 Å². The molecule has 4 rings (SSSR count). The van der Waals surface area contributed by atoms with Crippen molar-refractivity contribution in [3.8, 4) is 0 Å². The SMILES string of the molecule is Cn1c(C2CCN(C(=O)Nc3cc(Cl)ccc3Cl)CC2)cc(=O)n2nccc12. The van der Waals surface area contributed by atoms with Crippen LogP contribution in [0.25, 0.3) is 5.65 Å². The van der Waals surface area contributed by atoms with Crippen LogP contribution in [0.15, 0.2) is 41.3 Å². The molecule has 1 aliphatic heterocycles. The van der Waals surface area contributed by atoms with Crippen LogP contribution in [0.4, 0.5) is 10.5 Å². The molecule has 9 heteroatoms. The summed E-state index contributed by atoms with van der Waals surface area (Å²) >= 11 is 12.1. The molecule has 146 valence electrons. The summed E-state index contributed by atoms with van der Waals surface area (Å²) in [4.78, 5) is 26.6. The smallest absolute Gasteiger partial charge is 0.321 e. The Bertz CT molecular complexity index is 1100. The van der Waals surface area contributed by atoms with E-state index in [9.17, 15) is 9.59 Å². The van der Waals surface area contributed by atoms with Crippen LogP contribution in [0, 0.1) is 0 Å². The topological polar surface area (TPSA) is 71.6 Å². The quantitative estimate of drug-likeness (QED) is 0.687. The maximum Gasteiger partial charge on any atom is 0.321 e. The number of nitrogens with one attached hydrogen (secondary N) is 1. The van der Waals surface area contributed by atoms with Crippen LogP contribution in [0.1, 0.15) is 24.5 Å². The van der Waals surface area contributed by atoms with Gasteiger partial charge in [-0.3, -0.25) is 4.79 Å². The maximum absolute atomic E-state index is 12.6. The van der Waals surface area contributed by atoms with E-state index in [-0.39, 0.29) is 17.5 Å². The highest BCUT2D eigenvalue weighted by atomic mass is 35.5. The Balaban J connectivity index is 1.46. The van der Waals surface area contributed by atoms with Crippen LogP contribution in [-0.4, -0.2) is 38.2 Å². The molecule has 1 aliphatic rings. The van der Waals surface area contributed by atoms with Crippen molar-refractivity contribution in [2.75, 3.05) is 18.4 Å². The number of likely N-dealkylation sites (tertiary alicyclic amines) is 1. The summed E-state index contributed by atoms with van der Waals surface area (Å²) in [6, 6.07) is 8.22. The van der Waals surface area contributed by atoms with Gasteiger partial charge in [0.2, 0.25) is 0 Å². The Hall–Kier alpha value is -2.51. The molecule has 0 radical (unpaired) electrons. The number of urea groups is 1. The minimum absolute atomic E-state index is 0.135. The molecule has 28 heavy (non-hydrogen) atoms. The molecule has 3 aromatic rings. The molecule has 7 nitrogen and oxygen atoms in total. The summed E-state index contributed by atoms with van der Waals surface area (Å²) in [6.07, 6.45) is 3.16. The minimum Gasteiger partial charge on any atom is -0.333 e. The molecule has 0 unspecified atom stereocenters. The number of aryl methyl sites for hydroxylation is 1. The Kier molecular flexibility index (Phi) is 5.03. The number of fused-ring (bicyclic) bond motifs is 1. The fourth-order valence-electron chi connectivity index (χ4n) is 3.69. The van der Waals surface area contributed by atoms with Gasteiger partial charge in [-0.15, -0.1) is 0 Å². The van der Waals surface area contributed by atoms with Crippen LogP contribution in [-0.2, 0) is 7.05 Å². The largest absolute Gasteiger partial charge is 0.333 e. The van der Waals surface area contributed by atoms with Crippen LogP contribution in [0.5, 0.6) is 0 Å². The second-order valence-electron chi connectivity index (χ2n) is 6.88. The van der Waals surface area contributed by atoms with Crippen molar-refractivity contribution in [3.63, 3.8) is 0 Å². The number of nitrogens with zero attached hydrogens (tertiary/aromatic N) is 4. The van der Waals surface area contributed by atoms with E-state index in [0.717, 1.165) is 24.2 Å². The summed E-state index contributed by atoms with van der Waals surface area (Å²) < 4.78 is 3.39. The van der Waals surface area contributed by atoms with Crippen LogP contribution in [0.2, 0.25) is 10.0 Å². The highest BCUT2D eigenvalue weighted by Crippen LogP contribution is 2.29. The van der Waals surface area contributed by atoms with Crippen molar-refractivity contribution in [1.82, 2.24) is 19.1 Å². The second kappa shape index (κ2) is 7.48. The van der Waals surface area contributed by atoms with Crippen molar-refractivity contribution in [2.45, 2.75) is 18.8 Å². The Morgan fingerprint density at radius 3 is 2.68 bits per heavy atom. The third-order valence-electron chi connectivity index (χ3n) is 5.20. The predicted molar refractivity (Wildman–Crippen MR) is 109 cm³/mol. The molecule has 0 bridgehead atoms. The van der Waals surface area contributed by atoms with Gasteiger partial charge in [-0.1, -0.05) is 23.2 Å². The van der Waals surface area contributed by atoms with Gasteiger partial charge >= 0.3 is 6.03 Å². The highest BCUT2D eigenvalue weighted by Gasteiger charge is 2.26. The fraction of sp³-hybridized carbons (Fsp3) is 0.316. The summed E-state index contributed by atoms with van der Waals surface area (Å²) in [7, 11) is 1.94. The van der Waals surface area contributed by atoms with Crippen LogP contribution in [0.3, 0.4) is 0 Å². The van der Waals surface area contributed by atoms with Gasteiger partial charge in [0.05, 0.1) is 16.9 Å². The Morgan fingerprint density at radius 1 is 1.18 bits per heavy atom. The standard InChI is InChI=1S/C19H19Cl2N5O2/c1-24-16(11-18(27)26-17(24)4-7-22-26)12-5-8-25(9-6-12)19(28)23-15-10-13(20)2-3-14(15)21/h2-4,7,10-12H,5-6,8-9H2,1H3,(H,23,28). The van der Waals surface area contributed by atoms with Crippen LogP contribution < -0.4 is 10.9 Å². The Morgan fingerprint density at radius 2 is 1.93 bits per heavy atom. The lowest BCUT2D eigenvalue weighted by Gasteiger charge is -2.33. The molecular weight excluding hydrogens is 401 g/mol. The third kappa shape index (κ3) is 3.47. The molecule has 2 aromatic heterocycles. The molecule has 1 saturated heterocycles. The van der Waals surface area contributed by atoms with Crippen molar-refractivity contribution < 1.29 is 4.79 Å². The van der Waals surface area contributed by atoms with E-state index in [4.69, 9.17) is 23.2 Å². The summed E-state index contributed by atoms with van der Waals surface area (Å²) in [5, 5.41) is 7.83. The number of anilines is 1. The van der Waals surface area contributed by atoms with Gasteiger partial charge in [-0.25, -0.2) is 4.79 Å². The molecule has 1 N–H and O–H groups in total. The van der Waals surface area contributed by atoms with Crippen molar-refractivity contribution in [3.05, 3.63) is 62.6 Å². The average Bonchev–Trinajstić information content (AvgIpc) is 3.18. The van der Waals surface area contributed by atoms with Gasteiger partial charge in [-0.05, 0) is 31.0 Å². The fourth-order valence-corrected chi connectivity index (χ4v) is 4.03. The second-order valence-corrected chi connectivity index (χ2v) is 7.73. The van der Waals surface area contributed by atoms with Crippen molar-refractivity contribution in [2.24, 2.45) is 7.05 Å². The summed E-state index contributed by atoms with van der Waals surface area (Å²) in [6.45, 7) is 1.18. The third-order valence-corrected chi connectivity index (χ3v) is 5.77. The van der Waals surface area contributed by atoms with E-state index < -0.39 is 0 Å². The maximum atomic E-state index is 12.6. The molecular formula is C19H19Cl2N5O2. The number of carbonyl (C=O) groups excluding carboxylic acids is 1. The number of carbonyl (C=O) groups is 1. The van der Waals surface area contributed by atoms with Gasteiger partial charge in [-0.2, -0.15) is 9.61 Å². The lowest BCUT2D eigenvalue weighted by atomic mass is 9.93. The number of rotatable bonds is 2. The first-order chi connectivity index (χ1) is 13.4. The zero-order valence-corrected chi connectivity index (χ0v) is 16.7. The zero-order chi connectivity index (χ0) is 19.8. The van der Waals surface area contributed by atoms with Crippen molar-refractivity contribution in [1.29, 1.82) is 0 Å². The monoisotopic (exact) mass is 419 g/mol. The number of piperidine rings is 1. The molecule has 0 spiro atoms. The first-order valence-corrected chi connectivity index (χ1v) is 9.74. The molecule has 1 aromatic carbocycles. The number of amides is 2. The van der Waals surface area contributed by atoms with Gasteiger partial charge < -0.3 is 14.8 Å².